The summed E-state index contributed by atoms with van der Waals surface area (Å²) in [5.74, 6) is 1.49. The lowest BCUT2D eigenvalue weighted by molar-refractivity contribution is -0.123. The average Bonchev–Trinajstić information content (AvgIpc) is 2.97. The molecule has 0 aliphatic carbocycles. The highest BCUT2D eigenvalue weighted by molar-refractivity contribution is 5.96. The number of pyridine rings is 1. The minimum atomic E-state index is 0.120. The van der Waals surface area contributed by atoms with E-state index in [2.05, 4.69) is 59.8 Å². The van der Waals surface area contributed by atoms with E-state index >= 15 is 0 Å². The normalized spacial score (nSPS) is 17.8. The first kappa shape index (κ1) is 19.9. The SMILES string of the molecule is CCc1ccc2c(c1)CCCCN2C(=O)C1CCN(c2cc(C)c(C)cn2)CC1. The Balaban J connectivity index is 1.46. The van der Waals surface area contributed by atoms with Gasteiger partial charge in [0.25, 0.3) is 0 Å². The van der Waals surface area contributed by atoms with Gasteiger partial charge in [-0.05, 0) is 86.8 Å². The number of benzene rings is 1. The summed E-state index contributed by atoms with van der Waals surface area (Å²) in [6.07, 6.45) is 8.17. The van der Waals surface area contributed by atoms with Crippen LogP contribution in [0.5, 0.6) is 0 Å². The number of amides is 1. The van der Waals surface area contributed by atoms with Gasteiger partial charge in [-0.1, -0.05) is 19.1 Å². The maximum atomic E-state index is 13.5. The maximum absolute atomic E-state index is 13.5. The quantitative estimate of drug-likeness (QED) is 0.751. The smallest absolute Gasteiger partial charge is 0.230 e. The number of fused-ring (bicyclic) bond motifs is 1. The lowest BCUT2D eigenvalue weighted by Gasteiger charge is -2.35. The van der Waals surface area contributed by atoms with Crippen molar-refractivity contribution in [2.45, 2.75) is 59.3 Å². The standard InChI is InChI=1S/C25H33N3O/c1-4-20-8-9-23-22(16-20)7-5-6-12-28(23)25(29)21-10-13-27(14-11-21)24-15-18(2)19(3)17-26-24/h8-9,15-17,21H,4-7,10-14H2,1-3H3. The van der Waals surface area contributed by atoms with Crippen LogP contribution >= 0.6 is 0 Å². The van der Waals surface area contributed by atoms with E-state index in [1.165, 1.54) is 28.7 Å². The van der Waals surface area contributed by atoms with Crippen LogP contribution in [0.15, 0.2) is 30.5 Å². The molecule has 1 saturated heterocycles. The zero-order valence-corrected chi connectivity index (χ0v) is 18.1. The van der Waals surface area contributed by atoms with Gasteiger partial charge in [-0.2, -0.15) is 0 Å². The number of carbonyl (C=O) groups excluding carboxylic acids is 1. The fourth-order valence-corrected chi connectivity index (χ4v) is 4.62. The van der Waals surface area contributed by atoms with E-state index in [-0.39, 0.29) is 5.92 Å². The molecule has 2 aliphatic heterocycles. The van der Waals surface area contributed by atoms with E-state index in [1.807, 2.05) is 6.20 Å². The van der Waals surface area contributed by atoms with Crippen molar-refractivity contribution in [3.05, 3.63) is 52.7 Å². The molecule has 1 amide bonds. The molecule has 0 atom stereocenters. The van der Waals surface area contributed by atoms with Crippen LogP contribution < -0.4 is 9.80 Å². The minimum absolute atomic E-state index is 0.120. The van der Waals surface area contributed by atoms with Crippen LogP contribution in [-0.4, -0.2) is 30.5 Å². The molecular weight excluding hydrogens is 358 g/mol. The molecule has 0 N–H and O–H groups in total. The molecule has 1 aromatic carbocycles. The summed E-state index contributed by atoms with van der Waals surface area (Å²) >= 11 is 0. The van der Waals surface area contributed by atoms with Crippen molar-refractivity contribution in [2.75, 3.05) is 29.4 Å². The Bertz CT molecular complexity index is 884. The van der Waals surface area contributed by atoms with Crippen molar-refractivity contribution in [3.8, 4) is 0 Å². The largest absolute Gasteiger partial charge is 0.357 e. The number of piperidine rings is 1. The van der Waals surface area contributed by atoms with Gasteiger partial charge >= 0.3 is 0 Å². The Hall–Kier alpha value is -2.36. The molecule has 0 radical (unpaired) electrons. The fourth-order valence-electron chi connectivity index (χ4n) is 4.62. The predicted molar refractivity (Wildman–Crippen MR) is 120 cm³/mol. The molecule has 0 saturated carbocycles. The van der Waals surface area contributed by atoms with Gasteiger partial charge in [-0.3, -0.25) is 4.79 Å². The van der Waals surface area contributed by atoms with Crippen molar-refractivity contribution in [1.29, 1.82) is 0 Å². The van der Waals surface area contributed by atoms with E-state index in [4.69, 9.17) is 0 Å². The van der Waals surface area contributed by atoms with Gasteiger partial charge in [0.15, 0.2) is 0 Å². The highest BCUT2D eigenvalue weighted by Crippen LogP contribution is 2.31. The average molecular weight is 392 g/mol. The minimum Gasteiger partial charge on any atom is -0.357 e. The molecule has 3 heterocycles. The Labute approximate surface area is 174 Å². The zero-order valence-electron chi connectivity index (χ0n) is 18.1. The maximum Gasteiger partial charge on any atom is 0.230 e. The molecule has 1 aromatic heterocycles. The fraction of sp³-hybridized carbons (Fsp3) is 0.520. The van der Waals surface area contributed by atoms with Crippen LogP contribution in [0.4, 0.5) is 11.5 Å². The predicted octanol–water partition coefficient (Wildman–Crippen LogP) is 4.85. The molecule has 2 aliphatic rings. The lowest BCUT2D eigenvalue weighted by Crippen LogP contribution is -2.43. The van der Waals surface area contributed by atoms with Crippen molar-refractivity contribution >= 4 is 17.4 Å². The first-order chi connectivity index (χ1) is 14.1. The molecular formula is C25H33N3O. The highest BCUT2D eigenvalue weighted by Gasteiger charge is 2.31. The van der Waals surface area contributed by atoms with Crippen LogP contribution in [0.1, 0.15) is 54.9 Å². The van der Waals surface area contributed by atoms with E-state index < -0.39 is 0 Å². The van der Waals surface area contributed by atoms with Crippen LogP contribution in [0.2, 0.25) is 0 Å². The molecule has 0 bridgehead atoms. The van der Waals surface area contributed by atoms with Gasteiger partial charge < -0.3 is 9.80 Å². The number of rotatable bonds is 3. The third-order valence-electron chi connectivity index (χ3n) is 6.71. The molecule has 29 heavy (non-hydrogen) atoms. The summed E-state index contributed by atoms with van der Waals surface area (Å²) in [6, 6.07) is 8.87. The van der Waals surface area contributed by atoms with Gasteiger partial charge in [-0.15, -0.1) is 0 Å². The Kier molecular flexibility index (Phi) is 5.89. The molecule has 4 heteroatoms. The number of nitrogens with zero attached hydrogens (tertiary/aromatic N) is 3. The first-order valence-corrected chi connectivity index (χ1v) is 11.2. The molecule has 154 valence electrons. The molecule has 4 rings (SSSR count). The number of hydrogen-bond acceptors (Lipinski definition) is 3. The van der Waals surface area contributed by atoms with Crippen LogP contribution in [0.25, 0.3) is 0 Å². The van der Waals surface area contributed by atoms with Gasteiger partial charge in [0.2, 0.25) is 5.91 Å². The number of carbonyl (C=O) groups is 1. The molecule has 1 fully saturated rings. The molecule has 4 nitrogen and oxygen atoms in total. The van der Waals surface area contributed by atoms with Gasteiger partial charge in [0.05, 0.1) is 0 Å². The molecule has 0 spiro atoms. The summed E-state index contributed by atoms with van der Waals surface area (Å²) < 4.78 is 0. The van der Waals surface area contributed by atoms with Gasteiger partial charge in [0, 0.05) is 37.4 Å². The summed E-state index contributed by atoms with van der Waals surface area (Å²) in [6.45, 7) is 9.09. The van der Waals surface area contributed by atoms with Crippen molar-refractivity contribution < 1.29 is 4.79 Å². The highest BCUT2D eigenvalue weighted by atomic mass is 16.2. The van der Waals surface area contributed by atoms with Gasteiger partial charge in [-0.25, -0.2) is 4.98 Å². The Morgan fingerprint density at radius 3 is 2.59 bits per heavy atom. The summed E-state index contributed by atoms with van der Waals surface area (Å²) in [7, 11) is 0. The Morgan fingerprint density at radius 2 is 1.86 bits per heavy atom. The number of hydrogen-bond donors (Lipinski definition) is 0. The van der Waals surface area contributed by atoms with Crippen molar-refractivity contribution in [1.82, 2.24) is 4.98 Å². The Morgan fingerprint density at radius 1 is 1.07 bits per heavy atom. The second-order valence-corrected chi connectivity index (χ2v) is 8.65. The number of aromatic nitrogens is 1. The second-order valence-electron chi connectivity index (χ2n) is 8.65. The van der Waals surface area contributed by atoms with E-state index in [0.29, 0.717) is 5.91 Å². The summed E-state index contributed by atoms with van der Waals surface area (Å²) in [5.41, 5.74) is 6.38. The second kappa shape index (κ2) is 8.56. The molecule has 0 unspecified atom stereocenters. The third-order valence-corrected chi connectivity index (χ3v) is 6.71. The number of aryl methyl sites for hydroxylation is 4. The summed E-state index contributed by atoms with van der Waals surface area (Å²) in [4.78, 5) is 22.5. The summed E-state index contributed by atoms with van der Waals surface area (Å²) in [5, 5.41) is 0. The van der Waals surface area contributed by atoms with E-state index in [1.54, 1.807) is 0 Å². The molecule has 2 aromatic rings. The van der Waals surface area contributed by atoms with Crippen molar-refractivity contribution in [3.63, 3.8) is 0 Å². The topological polar surface area (TPSA) is 36.4 Å². The van der Waals surface area contributed by atoms with E-state index in [0.717, 1.165) is 63.2 Å². The van der Waals surface area contributed by atoms with E-state index in [9.17, 15) is 4.79 Å². The monoisotopic (exact) mass is 391 g/mol. The third kappa shape index (κ3) is 4.17. The van der Waals surface area contributed by atoms with Crippen LogP contribution in [-0.2, 0) is 17.6 Å². The van der Waals surface area contributed by atoms with Crippen LogP contribution in [0, 0.1) is 19.8 Å². The van der Waals surface area contributed by atoms with Crippen molar-refractivity contribution in [2.24, 2.45) is 5.92 Å². The number of anilines is 2. The zero-order chi connectivity index (χ0) is 20.4. The van der Waals surface area contributed by atoms with Gasteiger partial charge in [0.1, 0.15) is 5.82 Å². The first-order valence-electron chi connectivity index (χ1n) is 11.2. The van der Waals surface area contributed by atoms with Crippen LogP contribution in [0.3, 0.4) is 0 Å². The lowest BCUT2D eigenvalue weighted by atomic mass is 9.94.